The summed E-state index contributed by atoms with van der Waals surface area (Å²) < 4.78 is 16.5. The van der Waals surface area contributed by atoms with E-state index in [1.54, 1.807) is 14.2 Å². The van der Waals surface area contributed by atoms with E-state index in [2.05, 4.69) is 9.88 Å². The van der Waals surface area contributed by atoms with Crippen LogP contribution in [0.5, 0.6) is 5.75 Å². The van der Waals surface area contributed by atoms with E-state index in [4.69, 9.17) is 37.4 Å². The SMILES string of the molecule is COc1cc(C)[nH]c(=O)c1CN1CCc2c(Cl)cc(C(OC)C3COC3)c(Cl)c2C1. The predicted molar refractivity (Wildman–Crippen MR) is 117 cm³/mol. The van der Waals surface area contributed by atoms with E-state index < -0.39 is 0 Å². The summed E-state index contributed by atoms with van der Waals surface area (Å²) in [5, 5.41) is 1.42. The fourth-order valence-corrected chi connectivity index (χ4v) is 4.99. The van der Waals surface area contributed by atoms with Crippen LogP contribution in [0, 0.1) is 12.8 Å². The van der Waals surface area contributed by atoms with Crippen LogP contribution in [0.15, 0.2) is 16.9 Å². The number of benzene rings is 1. The van der Waals surface area contributed by atoms with Crippen LogP contribution >= 0.6 is 23.2 Å². The number of aryl methyl sites for hydroxylation is 1. The van der Waals surface area contributed by atoms with Crippen molar-refractivity contribution in [2.45, 2.75) is 32.5 Å². The van der Waals surface area contributed by atoms with Crippen molar-refractivity contribution >= 4 is 23.2 Å². The van der Waals surface area contributed by atoms with Crippen molar-refractivity contribution in [3.8, 4) is 5.75 Å². The third-order valence-corrected chi connectivity index (χ3v) is 6.78. The van der Waals surface area contributed by atoms with Gasteiger partial charge in [-0.15, -0.1) is 0 Å². The zero-order chi connectivity index (χ0) is 21.4. The average Bonchev–Trinajstić information content (AvgIpc) is 2.69. The Bertz CT molecular complexity index is 1000. The van der Waals surface area contributed by atoms with Gasteiger partial charge in [-0.05, 0) is 36.6 Å². The first-order valence-electron chi connectivity index (χ1n) is 10.0. The van der Waals surface area contributed by atoms with Gasteiger partial charge in [0.15, 0.2) is 0 Å². The lowest BCUT2D eigenvalue weighted by Gasteiger charge is -2.35. The van der Waals surface area contributed by atoms with Crippen LogP contribution < -0.4 is 10.3 Å². The second-order valence-electron chi connectivity index (χ2n) is 7.96. The minimum Gasteiger partial charge on any atom is -0.496 e. The average molecular weight is 453 g/mol. The van der Waals surface area contributed by atoms with E-state index in [9.17, 15) is 4.79 Å². The number of H-pyrrole nitrogens is 1. The molecule has 1 fully saturated rings. The Kier molecular flexibility index (Phi) is 6.42. The molecule has 1 aromatic carbocycles. The highest BCUT2D eigenvalue weighted by Gasteiger charge is 2.34. The number of nitrogens with zero attached hydrogens (tertiary/aromatic N) is 1. The molecular weight excluding hydrogens is 427 g/mol. The normalized spacial score (nSPS) is 18.0. The highest BCUT2D eigenvalue weighted by Crippen LogP contribution is 2.42. The molecule has 0 bridgehead atoms. The summed E-state index contributed by atoms with van der Waals surface area (Å²) in [6.07, 6.45) is 0.620. The number of methoxy groups -OCH3 is 2. The van der Waals surface area contributed by atoms with E-state index in [1.807, 2.05) is 19.1 Å². The molecule has 2 aliphatic heterocycles. The van der Waals surface area contributed by atoms with Crippen molar-refractivity contribution in [1.82, 2.24) is 9.88 Å². The molecule has 0 saturated carbocycles. The van der Waals surface area contributed by atoms with Gasteiger partial charge in [-0.1, -0.05) is 23.2 Å². The van der Waals surface area contributed by atoms with Crippen molar-refractivity contribution in [3.05, 3.63) is 60.5 Å². The molecule has 1 unspecified atom stereocenters. The number of pyridine rings is 1. The van der Waals surface area contributed by atoms with Crippen molar-refractivity contribution in [1.29, 1.82) is 0 Å². The monoisotopic (exact) mass is 452 g/mol. The molecular formula is C22H26Cl2N2O4. The maximum absolute atomic E-state index is 12.5. The Morgan fingerprint density at radius 3 is 2.67 bits per heavy atom. The number of halogens is 2. The first kappa shape index (κ1) is 21.7. The Hall–Kier alpha value is -1.57. The van der Waals surface area contributed by atoms with Gasteiger partial charge in [0.2, 0.25) is 0 Å². The standard InChI is InChI=1S/C22H26Cl2N2O4/c1-12-6-19(28-2)17(22(27)25-12)9-26-5-4-14-16(8-26)20(24)15(7-18(14)23)21(29-3)13-10-30-11-13/h6-7,13,21H,4-5,8-11H2,1-3H3,(H,25,27). The predicted octanol–water partition coefficient (Wildman–Crippen LogP) is 3.89. The quantitative estimate of drug-likeness (QED) is 0.719. The smallest absolute Gasteiger partial charge is 0.256 e. The van der Waals surface area contributed by atoms with E-state index >= 15 is 0 Å². The van der Waals surface area contributed by atoms with Crippen molar-refractivity contribution in [2.75, 3.05) is 34.0 Å². The highest BCUT2D eigenvalue weighted by molar-refractivity contribution is 6.35. The van der Waals surface area contributed by atoms with Crippen molar-refractivity contribution in [2.24, 2.45) is 5.92 Å². The third-order valence-electron chi connectivity index (χ3n) is 6.00. The van der Waals surface area contributed by atoms with Gasteiger partial charge in [0, 0.05) is 48.9 Å². The van der Waals surface area contributed by atoms with Crippen LogP contribution in [0.4, 0.5) is 0 Å². The Morgan fingerprint density at radius 1 is 1.27 bits per heavy atom. The van der Waals surface area contributed by atoms with Crippen LogP contribution in [0.3, 0.4) is 0 Å². The molecule has 2 aliphatic rings. The third kappa shape index (κ3) is 3.99. The molecule has 162 valence electrons. The molecule has 0 aliphatic carbocycles. The minimum atomic E-state index is -0.149. The lowest BCUT2D eigenvalue weighted by Crippen LogP contribution is -2.35. The largest absolute Gasteiger partial charge is 0.496 e. The maximum Gasteiger partial charge on any atom is 0.256 e. The minimum absolute atomic E-state index is 0.125. The number of fused-ring (bicyclic) bond motifs is 1. The molecule has 30 heavy (non-hydrogen) atoms. The number of aromatic amines is 1. The zero-order valence-corrected chi connectivity index (χ0v) is 18.9. The van der Waals surface area contributed by atoms with E-state index in [1.165, 1.54) is 0 Å². The molecule has 6 nitrogen and oxygen atoms in total. The second-order valence-corrected chi connectivity index (χ2v) is 8.75. The van der Waals surface area contributed by atoms with Gasteiger partial charge in [-0.3, -0.25) is 9.69 Å². The molecule has 3 heterocycles. The number of ether oxygens (including phenoxy) is 3. The fourth-order valence-electron chi connectivity index (χ4n) is 4.33. The van der Waals surface area contributed by atoms with Crippen molar-refractivity contribution in [3.63, 3.8) is 0 Å². The summed E-state index contributed by atoms with van der Waals surface area (Å²) in [6.45, 7) is 5.02. The van der Waals surface area contributed by atoms with Crippen LogP contribution in [-0.4, -0.2) is 43.9 Å². The molecule has 0 amide bonds. The number of rotatable bonds is 6. The molecule has 1 saturated heterocycles. The van der Waals surface area contributed by atoms with Gasteiger partial charge < -0.3 is 19.2 Å². The molecule has 1 N–H and O–H groups in total. The molecule has 1 aromatic heterocycles. The first-order chi connectivity index (χ1) is 14.4. The molecule has 4 rings (SSSR count). The van der Waals surface area contributed by atoms with Crippen LogP contribution in [0.1, 0.15) is 34.1 Å². The zero-order valence-electron chi connectivity index (χ0n) is 17.4. The summed E-state index contributed by atoms with van der Waals surface area (Å²) in [4.78, 5) is 17.6. The molecule has 8 heteroatoms. The maximum atomic E-state index is 12.5. The highest BCUT2D eigenvalue weighted by atomic mass is 35.5. The molecule has 0 radical (unpaired) electrons. The summed E-state index contributed by atoms with van der Waals surface area (Å²) in [5.41, 5.74) is 4.26. The van der Waals surface area contributed by atoms with Crippen LogP contribution in [0.2, 0.25) is 10.0 Å². The Balaban J connectivity index is 1.64. The van der Waals surface area contributed by atoms with Crippen molar-refractivity contribution < 1.29 is 14.2 Å². The Labute approximate surface area is 186 Å². The first-order valence-corrected chi connectivity index (χ1v) is 10.8. The lowest BCUT2D eigenvalue weighted by molar-refractivity contribution is -0.105. The van der Waals surface area contributed by atoms with Gasteiger partial charge >= 0.3 is 0 Å². The fraction of sp³-hybridized carbons (Fsp3) is 0.500. The molecule has 1 atom stereocenters. The van der Waals surface area contributed by atoms with Gasteiger partial charge in [0.25, 0.3) is 5.56 Å². The van der Waals surface area contributed by atoms with Gasteiger partial charge in [0.05, 0.1) is 37.0 Å². The van der Waals surface area contributed by atoms with Crippen LogP contribution in [-0.2, 0) is 29.0 Å². The van der Waals surface area contributed by atoms with E-state index in [-0.39, 0.29) is 17.6 Å². The van der Waals surface area contributed by atoms with E-state index in [0.717, 1.165) is 40.4 Å². The summed E-state index contributed by atoms with van der Waals surface area (Å²) in [6, 6.07) is 3.79. The van der Waals surface area contributed by atoms with Crippen LogP contribution in [0.25, 0.3) is 0 Å². The number of nitrogens with one attached hydrogen (secondary N) is 1. The topological polar surface area (TPSA) is 63.8 Å². The number of aromatic nitrogens is 1. The van der Waals surface area contributed by atoms with Gasteiger partial charge in [-0.25, -0.2) is 0 Å². The number of hydrogen-bond donors (Lipinski definition) is 1. The van der Waals surface area contributed by atoms with Gasteiger partial charge in [0.1, 0.15) is 5.75 Å². The second kappa shape index (κ2) is 8.89. The lowest BCUT2D eigenvalue weighted by atomic mass is 9.89. The molecule has 0 spiro atoms. The van der Waals surface area contributed by atoms with Gasteiger partial charge in [-0.2, -0.15) is 0 Å². The Morgan fingerprint density at radius 2 is 2.03 bits per heavy atom. The number of hydrogen-bond acceptors (Lipinski definition) is 5. The summed E-state index contributed by atoms with van der Waals surface area (Å²) in [7, 11) is 3.27. The summed E-state index contributed by atoms with van der Waals surface area (Å²) in [5.74, 6) is 0.876. The van der Waals surface area contributed by atoms with E-state index in [0.29, 0.717) is 42.6 Å². The molecule has 2 aromatic rings. The summed E-state index contributed by atoms with van der Waals surface area (Å²) >= 11 is 13.5.